The molecule has 0 fully saturated rings. The highest BCUT2D eigenvalue weighted by molar-refractivity contribution is 7.26. The minimum atomic E-state index is 1.04. The number of benzene rings is 2. The van der Waals surface area contributed by atoms with Gasteiger partial charge in [0.25, 0.3) is 0 Å². The van der Waals surface area contributed by atoms with Crippen LogP contribution in [0, 0.1) is 23.7 Å². The molecule has 31 heavy (non-hydrogen) atoms. The van der Waals surface area contributed by atoms with Crippen molar-refractivity contribution in [3.63, 3.8) is 0 Å². The van der Waals surface area contributed by atoms with Crippen molar-refractivity contribution in [2.45, 2.75) is 0 Å². The van der Waals surface area contributed by atoms with Gasteiger partial charge in [0.2, 0.25) is 0 Å². The van der Waals surface area contributed by atoms with Crippen LogP contribution in [0.15, 0.2) is 97.1 Å². The molecular formula is C28H16S3. The average molecular weight is 449 g/mol. The third-order valence-corrected chi connectivity index (χ3v) is 7.99. The lowest BCUT2D eigenvalue weighted by Gasteiger charge is -1.90. The molecule has 0 amide bonds. The monoisotopic (exact) mass is 448 g/mol. The van der Waals surface area contributed by atoms with Crippen LogP contribution in [0.3, 0.4) is 0 Å². The topological polar surface area (TPSA) is 0 Å². The van der Waals surface area contributed by atoms with Gasteiger partial charge >= 0.3 is 0 Å². The van der Waals surface area contributed by atoms with Crippen molar-refractivity contribution < 1.29 is 0 Å². The zero-order valence-corrected chi connectivity index (χ0v) is 18.9. The first-order valence-electron chi connectivity index (χ1n) is 9.78. The Labute approximate surface area is 194 Å². The average Bonchev–Trinajstić information content (AvgIpc) is 3.58. The molecule has 0 bridgehead atoms. The normalized spacial score (nSPS) is 10.1. The predicted octanol–water partition coefficient (Wildman–Crippen LogP) is 8.00. The molecule has 0 radical (unpaired) electrons. The molecule has 0 saturated carbocycles. The lowest BCUT2D eigenvalue weighted by atomic mass is 10.2. The fraction of sp³-hybridized carbons (Fsp3) is 0. The van der Waals surface area contributed by atoms with E-state index in [1.54, 1.807) is 22.7 Å². The molecule has 0 saturated heterocycles. The molecule has 5 rings (SSSR count). The van der Waals surface area contributed by atoms with Crippen LogP contribution in [-0.4, -0.2) is 0 Å². The van der Waals surface area contributed by atoms with E-state index in [-0.39, 0.29) is 0 Å². The Hall–Kier alpha value is -3.34. The Kier molecular flexibility index (Phi) is 5.83. The van der Waals surface area contributed by atoms with Crippen LogP contribution in [0.25, 0.3) is 19.5 Å². The summed E-state index contributed by atoms with van der Waals surface area (Å²) in [5, 5.41) is 0. The van der Waals surface area contributed by atoms with Gasteiger partial charge in [0.1, 0.15) is 0 Å². The van der Waals surface area contributed by atoms with Gasteiger partial charge in [-0.2, -0.15) is 0 Å². The fourth-order valence-electron chi connectivity index (χ4n) is 2.99. The molecule has 146 valence electrons. The zero-order valence-electron chi connectivity index (χ0n) is 16.5. The largest absolute Gasteiger partial charge is 0.134 e. The minimum Gasteiger partial charge on any atom is -0.134 e. The quantitative estimate of drug-likeness (QED) is 0.240. The maximum atomic E-state index is 3.28. The summed E-state index contributed by atoms with van der Waals surface area (Å²) in [7, 11) is 0. The number of rotatable bonds is 2. The SMILES string of the molecule is C(#Cc1ccc(-c2ccc(-c3ccc(C#Cc4ccccc4)s3)s2)s1)c1ccccc1. The summed E-state index contributed by atoms with van der Waals surface area (Å²) in [5.74, 6) is 13.0. The predicted molar refractivity (Wildman–Crippen MR) is 136 cm³/mol. The van der Waals surface area contributed by atoms with Crippen molar-refractivity contribution in [2.24, 2.45) is 0 Å². The zero-order chi connectivity index (χ0) is 20.9. The molecule has 2 aromatic carbocycles. The van der Waals surface area contributed by atoms with E-state index in [1.165, 1.54) is 19.5 Å². The number of hydrogen-bond donors (Lipinski definition) is 0. The fourth-order valence-corrected chi connectivity index (χ4v) is 5.89. The highest BCUT2D eigenvalue weighted by Gasteiger charge is 2.09. The van der Waals surface area contributed by atoms with Gasteiger partial charge in [-0.3, -0.25) is 0 Å². The van der Waals surface area contributed by atoms with E-state index in [9.17, 15) is 0 Å². The van der Waals surface area contributed by atoms with Gasteiger partial charge in [-0.1, -0.05) is 60.1 Å². The maximum Gasteiger partial charge on any atom is 0.0779 e. The highest BCUT2D eigenvalue weighted by atomic mass is 32.1. The van der Waals surface area contributed by atoms with Gasteiger partial charge in [-0.15, -0.1) is 34.0 Å². The summed E-state index contributed by atoms with van der Waals surface area (Å²) in [6.45, 7) is 0. The molecule has 5 aromatic rings. The first-order valence-corrected chi connectivity index (χ1v) is 12.2. The molecule has 0 spiro atoms. The highest BCUT2D eigenvalue weighted by Crippen LogP contribution is 2.39. The van der Waals surface area contributed by atoms with Crippen molar-refractivity contribution in [3.8, 4) is 43.2 Å². The summed E-state index contributed by atoms with van der Waals surface area (Å²) < 4.78 is 0. The molecule has 3 heterocycles. The molecule has 3 aromatic heterocycles. The van der Waals surface area contributed by atoms with Crippen LogP contribution < -0.4 is 0 Å². The molecule has 0 N–H and O–H groups in total. The summed E-state index contributed by atoms with van der Waals surface area (Å²) in [5.41, 5.74) is 2.08. The molecule has 0 unspecified atom stereocenters. The van der Waals surface area contributed by atoms with E-state index in [0.717, 1.165) is 20.9 Å². The van der Waals surface area contributed by atoms with Gasteiger partial charge in [0.05, 0.1) is 9.75 Å². The van der Waals surface area contributed by atoms with E-state index in [2.05, 4.69) is 60.1 Å². The molecule has 0 nitrogen and oxygen atoms in total. The molecule has 0 aliphatic heterocycles. The van der Waals surface area contributed by atoms with Crippen LogP contribution in [0.4, 0.5) is 0 Å². The van der Waals surface area contributed by atoms with E-state index >= 15 is 0 Å². The van der Waals surface area contributed by atoms with Crippen molar-refractivity contribution >= 4 is 34.0 Å². The summed E-state index contributed by atoms with van der Waals surface area (Å²) in [6, 6.07) is 33.2. The molecule has 0 atom stereocenters. The second kappa shape index (κ2) is 9.21. The Morgan fingerprint density at radius 3 is 1.19 bits per heavy atom. The third kappa shape index (κ3) is 4.88. The van der Waals surface area contributed by atoms with Crippen LogP contribution in [0.1, 0.15) is 20.9 Å². The molecule has 3 heteroatoms. The number of thiophene rings is 3. The Morgan fingerprint density at radius 2 is 0.742 bits per heavy atom. The van der Waals surface area contributed by atoms with Crippen LogP contribution in [-0.2, 0) is 0 Å². The van der Waals surface area contributed by atoms with E-state index in [0.29, 0.717) is 0 Å². The van der Waals surface area contributed by atoms with E-state index < -0.39 is 0 Å². The summed E-state index contributed by atoms with van der Waals surface area (Å²) in [4.78, 5) is 7.24. The van der Waals surface area contributed by atoms with Crippen molar-refractivity contribution in [2.75, 3.05) is 0 Å². The van der Waals surface area contributed by atoms with Crippen LogP contribution >= 0.6 is 34.0 Å². The van der Waals surface area contributed by atoms with Gasteiger partial charge in [0, 0.05) is 30.6 Å². The molecule has 0 aliphatic rings. The van der Waals surface area contributed by atoms with Crippen LogP contribution in [0.5, 0.6) is 0 Å². The van der Waals surface area contributed by atoms with E-state index in [1.807, 2.05) is 72.0 Å². The standard InChI is InChI=1S/C28H16S3/c1-3-7-21(8-4-1)11-13-23-15-17-25(29-23)27-19-20-28(31-27)26-18-16-24(30-26)14-12-22-9-5-2-6-10-22/h1-10,15-20H. The smallest absolute Gasteiger partial charge is 0.0779 e. The first kappa shape index (κ1) is 19.6. The van der Waals surface area contributed by atoms with Crippen molar-refractivity contribution in [3.05, 3.63) is 118 Å². The first-order chi connectivity index (χ1) is 15.3. The number of hydrogen-bond acceptors (Lipinski definition) is 3. The minimum absolute atomic E-state index is 1.04. The molecular weight excluding hydrogens is 433 g/mol. The summed E-state index contributed by atoms with van der Waals surface area (Å²) in [6.07, 6.45) is 0. The third-order valence-electron chi connectivity index (χ3n) is 4.51. The second-order valence-electron chi connectivity index (χ2n) is 6.72. The maximum absolute atomic E-state index is 3.28. The Morgan fingerprint density at radius 1 is 0.355 bits per heavy atom. The van der Waals surface area contributed by atoms with Gasteiger partial charge < -0.3 is 0 Å². The Balaban J connectivity index is 1.32. The molecule has 0 aliphatic carbocycles. The second-order valence-corrected chi connectivity index (χ2v) is 9.98. The van der Waals surface area contributed by atoms with Gasteiger partial charge in [-0.25, -0.2) is 0 Å². The van der Waals surface area contributed by atoms with Crippen LogP contribution in [0.2, 0.25) is 0 Å². The van der Waals surface area contributed by atoms with Crippen molar-refractivity contribution in [1.29, 1.82) is 0 Å². The van der Waals surface area contributed by atoms with E-state index in [4.69, 9.17) is 0 Å². The lowest BCUT2D eigenvalue weighted by Crippen LogP contribution is -1.70. The Bertz CT molecular complexity index is 1320. The summed E-state index contributed by atoms with van der Waals surface area (Å²) >= 11 is 5.30. The lowest BCUT2D eigenvalue weighted by molar-refractivity contribution is 1.65. The van der Waals surface area contributed by atoms with Gasteiger partial charge in [0.15, 0.2) is 0 Å². The van der Waals surface area contributed by atoms with Gasteiger partial charge in [-0.05, 0) is 60.7 Å². The van der Waals surface area contributed by atoms with Crippen molar-refractivity contribution in [1.82, 2.24) is 0 Å².